The summed E-state index contributed by atoms with van der Waals surface area (Å²) in [4.78, 5) is 12.3. The zero-order valence-corrected chi connectivity index (χ0v) is 12.2. The van der Waals surface area contributed by atoms with Crippen molar-refractivity contribution >= 4 is 23.2 Å². The highest BCUT2D eigenvalue weighted by atomic mass is 35.5. The van der Waals surface area contributed by atoms with Gasteiger partial charge >= 0.3 is 0 Å². The summed E-state index contributed by atoms with van der Waals surface area (Å²) in [6, 6.07) is 6.73. The smallest absolute Gasteiger partial charge is 0.272 e. The van der Waals surface area contributed by atoms with Crippen LogP contribution in [0.15, 0.2) is 30.5 Å². The molecule has 0 unspecified atom stereocenters. The van der Waals surface area contributed by atoms with Gasteiger partial charge in [-0.3, -0.25) is 4.79 Å². The van der Waals surface area contributed by atoms with Crippen molar-refractivity contribution in [2.24, 2.45) is 0 Å². The Labute approximate surface area is 123 Å². The van der Waals surface area contributed by atoms with Crippen molar-refractivity contribution in [1.82, 2.24) is 4.57 Å². The topological polar surface area (TPSA) is 54.3 Å². The minimum Gasteiger partial charge on any atom is -0.506 e. The Balaban J connectivity index is 2.23. The number of aryl methyl sites for hydroxylation is 2. The van der Waals surface area contributed by atoms with Gasteiger partial charge in [0.25, 0.3) is 5.91 Å². The Morgan fingerprint density at radius 3 is 2.80 bits per heavy atom. The van der Waals surface area contributed by atoms with Crippen molar-refractivity contribution in [2.45, 2.75) is 26.8 Å². The van der Waals surface area contributed by atoms with E-state index in [0.717, 1.165) is 18.5 Å². The summed E-state index contributed by atoms with van der Waals surface area (Å²) in [5, 5.41) is 13.0. The molecule has 20 heavy (non-hydrogen) atoms. The maximum absolute atomic E-state index is 12.3. The highest BCUT2D eigenvalue weighted by Gasteiger charge is 2.14. The van der Waals surface area contributed by atoms with Gasteiger partial charge in [-0.2, -0.15) is 0 Å². The summed E-state index contributed by atoms with van der Waals surface area (Å²) >= 11 is 5.95. The van der Waals surface area contributed by atoms with Crippen LogP contribution < -0.4 is 5.32 Å². The van der Waals surface area contributed by atoms with E-state index in [2.05, 4.69) is 5.32 Å². The molecule has 1 aromatic carbocycles. The Bertz CT molecular complexity index is 635. The summed E-state index contributed by atoms with van der Waals surface area (Å²) in [7, 11) is 0. The molecule has 2 aromatic rings. The molecule has 106 valence electrons. The zero-order chi connectivity index (χ0) is 14.7. The monoisotopic (exact) mass is 292 g/mol. The number of nitrogens with zero attached hydrogens (tertiary/aromatic N) is 1. The lowest BCUT2D eigenvalue weighted by Crippen LogP contribution is -2.16. The fraction of sp³-hybridized carbons (Fsp3) is 0.267. The van der Waals surface area contributed by atoms with Gasteiger partial charge in [0.1, 0.15) is 11.4 Å². The average molecular weight is 293 g/mol. The normalized spacial score (nSPS) is 10.6. The van der Waals surface area contributed by atoms with E-state index >= 15 is 0 Å². The summed E-state index contributed by atoms with van der Waals surface area (Å²) in [5.74, 6) is -0.234. The number of aromatic hydroxyl groups is 1. The molecular weight excluding hydrogens is 276 g/mol. The molecule has 0 saturated carbocycles. The van der Waals surface area contributed by atoms with Crippen LogP contribution in [0, 0.1) is 6.92 Å². The summed E-state index contributed by atoms with van der Waals surface area (Å²) < 4.78 is 1.81. The number of phenolic OH excluding ortho intramolecular Hbond substituents is 1. The molecule has 2 N–H and O–H groups in total. The largest absolute Gasteiger partial charge is 0.506 e. The number of nitrogens with one attached hydrogen (secondary N) is 1. The van der Waals surface area contributed by atoms with Gasteiger partial charge in [0.2, 0.25) is 0 Å². The average Bonchev–Trinajstić information content (AvgIpc) is 2.74. The van der Waals surface area contributed by atoms with Crippen LogP contribution in [0.3, 0.4) is 0 Å². The first kappa shape index (κ1) is 14.5. The number of aromatic nitrogens is 1. The van der Waals surface area contributed by atoms with E-state index in [4.69, 9.17) is 11.6 Å². The van der Waals surface area contributed by atoms with Crippen molar-refractivity contribution in [2.75, 3.05) is 5.32 Å². The second-order valence-corrected chi connectivity index (χ2v) is 5.15. The van der Waals surface area contributed by atoms with Crippen LogP contribution in [0.5, 0.6) is 5.75 Å². The molecule has 1 amide bonds. The Hall–Kier alpha value is -1.94. The van der Waals surface area contributed by atoms with E-state index in [1.165, 1.54) is 0 Å². The lowest BCUT2D eigenvalue weighted by molar-refractivity contribution is 0.101. The first-order valence-corrected chi connectivity index (χ1v) is 6.85. The predicted octanol–water partition coefficient (Wildman–Crippen LogP) is 3.82. The van der Waals surface area contributed by atoms with Crippen LogP contribution in [0.1, 0.15) is 29.4 Å². The van der Waals surface area contributed by atoms with Gasteiger partial charge in [0.05, 0.1) is 10.7 Å². The number of phenols is 1. The summed E-state index contributed by atoms with van der Waals surface area (Å²) in [6.07, 6.45) is 2.63. The van der Waals surface area contributed by atoms with Gasteiger partial charge in [-0.25, -0.2) is 0 Å². The van der Waals surface area contributed by atoms with E-state index in [9.17, 15) is 9.90 Å². The van der Waals surface area contributed by atoms with Gasteiger partial charge in [-0.05, 0) is 37.1 Å². The van der Waals surface area contributed by atoms with Crippen molar-refractivity contribution in [3.05, 3.63) is 46.7 Å². The number of anilines is 1. The van der Waals surface area contributed by atoms with Crippen LogP contribution in [0.2, 0.25) is 5.02 Å². The first-order chi connectivity index (χ1) is 9.51. The van der Waals surface area contributed by atoms with E-state index in [1.54, 1.807) is 24.4 Å². The molecular formula is C15H17ClN2O2. The molecule has 0 aliphatic carbocycles. The molecule has 0 spiro atoms. The molecule has 1 heterocycles. The van der Waals surface area contributed by atoms with Gasteiger partial charge < -0.3 is 15.0 Å². The second-order valence-electron chi connectivity index (χ2n) is 4.71. The van der Waals surface area contributed by atoms with Crippen molar-refractivity contribution in [3.8, 4) is 5.75 Å². The Kier molecular flexibility index (Phi) is 4.35. The molecule has 0 atom stereocenters. The molecule has 5 heteroatoms. The highest BCUT2D eigenvalue weighted by molar-refractivity contribution is 6.31. The zero-order valence-electron chi connectivity index (χ0n) is 11.5. The molecule has 1 aromatic heterocycles. The van der Waals surface area contributed by atoms with Gasteiger partial charge in [0, 0.05) is 12.7 Å². The molecule has 2 rings (SSSR count). The van der Waals surface area contributed by atoms with Crippen LogP contribution in [-0.4, -0.2) is 15.6 Å². The van der Waals surface area contributed by atoms with Crippen molar-refractivity contribution in [1.29, 1.82) is 0 Å². The van der Waals surface area contributed by atoms with Crippen LogP contribution in [0.25, 0.3) is 0 Å². The van der Waals surface area contributed by atoms with Crippen LogP contribution >= 0.6 is 11.6 Å². The quantitative estimate of drug-likeness (QED) is 0.842. The molecule has 0 bridgehead atoms. The lowest BCUT2D eigenvalue weighted by Gasteiger charge is -2.10. The minimum absolute atomic E-state index is 0.0537. The molecule has 0 fully saturated rings. The number of carbonyl (C=O) groups is 1. The third-order valence-corrected chi connectivity index (χ3v) is 3.17. The van der Waals surface area contributed by atoms with Gasteiger partial charge in [0.15, 0.2) is 0 Å². The van der Waals surface area contributed by atoms with Crippen LogP contribution in [-0.2, 0) is 6.54 Å². The molecule has 0 aliphatic heterocycles. The summed E-state index contributed by atoms with van der Waals surface area (Å²) in [6.45, 7) is 4.62. The number of hydrogen-bond acceptors (Lipinski definition) is 2. The van der Waals surface area contributed by atoms with E-state index in [0.29, 0.717) is 16.4 Å². The predicted molar refractivity (Wildman–Crippen MR) is 80.5 cm³/mol. The number of benzene rings is 1. The first-order valence-electron chi connectivity index (χ1n) is 6.48. The Morgan fingerprint density at radius 2 is 2.15 bits per heavy atom. The number of amides is 1. The second kappa shape index (κ2) is 6.01. The minimum atomic E-state index is -0.287. The maximum Gasteiger partial charge on any atom is 0.272 e. The molecule has 0 aliphatic rings. The number of hydrogen-bond donors (Lipinski definition) is 2. The van der Waals surface area contributed by atoms with Gasteiger partial charge in [-0.1, -0.05) is 24.6 Å². The van der Waals surface area contributed by atoms with E-state index < -0.39 is 0 Å². The maximum atomic E-state index is 12.3. The van der Waals surface area contributed by atoms with Gasteiger partial charge in [-0.15, -0.1) is 0 Å². The van der Waals surface area contributed by atoms with E-state index in [-0.39, 0.29) is 11.7 Å². The van der Waals surface area contributed by atoms with Crippen molar-refractivity contribution < 1.29 is 9.90 Å². The number of carbonyl (C=O) groups excluding carboxylic acids is 1. The third-order valence-electron chi connectivity index (χ3n) is 2.96. The SMILES string of the molecule is CCCn1cc(Cl)cc1C(=O)Nc1ccc(C)cc1O. The lowest BCUT2D eigenvalue weighted by atomic mass is 10.2. The molecule has 0 radical (unpaired) electrons. The van der Waals surface area contributed by atoms with E-state index in [1.807, 2.05) is 24.5 Å². The molecule has 4 nitrogen and oxygen atoms in total. The third kappa shape index (κ3) is 3.14. The number of halogens is 1. The summed E-state index contributed by atoms with van der Waals surface area (Å²) in [5.41, 5.74) is 1.80. The standard InChI is InChI=1S/C15H17ClN2O2/c1-3-6-18-9-11(16)8-13(18)15(20)17-12-5-4-10(2)7-14(12)19/h4-5,7-9,19H,3,6H2,1-2H3,(H,17,20). The number of rotatable bonds is 4. The fourth-order valence-corrected chi connectivity index (χ4v) is 2.25. The highest BCUT2D eigenvalue weighted by Crippen LogP contribution is 2.25. The van der Waals surface area contributed by atoms with Crippen molar-refractivity contribution in [3.63, 3.8) is 0 Å². The fourth-order valence-electron chi connectivity index (χ4n) is 2.02. The van der Waals surface area contributed by atoms with Crippen LogP contribution in [0.4, 0.5) is 5.69 Å². The Morgan fingerprint density at radius 1 is 1.40 bits per heavy atom. The molecule has 0 saturated heterocycles.